The van der Waals surface area contributed by atoms with E-state index in [1.54, 1.807) is 6.92 Å². The zero-order valence-corrected chi connectivity index (χ0v) is 20.0. The van der Waals surface area contributed by atoms with Gasteiger partial charge in [-0.3, -0.25) is 14.5 Å². The van der Waals surface area contributed by atoms with Gasteiger partial charge >= 0.3 is 5.97 Å². The quantitative estimate of drug-likeness (QED) is 0.430. The molecule has 1 saturated carbocycles. The highest BCUT2D eigenvalue weighted by molar-refractivity contribution is 5.94. The number of hydrogen-bond acceptors (Lipinski definition) is 6. The minimum Gasteiger partial charge on any atom is -0.461 e. The van der Waals surface area contributed by atoms with Crippen molar-refractivity contribution in [1.82, 2.24) is 4.90 Å². The van der Waals surface area contributed by atoms with Gasteiger partial charge in [-0.05, 0) is 49.9 Å². The molecule has 33 heavy (non-hydrogen) atoms. The number of ether oxygens (including phenoxy) is 1. The van der Waals surface area contributed by atoms with Crippen molar-refractivity contribution in [2.24, 2.45) is 23.2 Å². The number of benzene rings is 1. The van der Waals surface area contributed by atoms with Gasteiger partial charge in [-0.25, -0.2) is 0 Å². The molecule has 3 fully saturated rings. The van der Waals surface area contributed by atoms with Gasteiger partial charge in [0, 0.05) is 61.7 Å². The Morgan fingerprint density at radius 3 is 2.55 bits per heavy atom. The largest absolute Gasteiger partial charge is 0.461 e. The van der Waals surface area contributed by atoms with Crippen molar-refractivity contribution < 1.29 is 19.4 Å². The first-order valence-electron chi connectivity index (χ1n) is 12.5. The lowest BCUT2D eigenvalue weighted by molar-refractivity contribution is -0.145. The summed E-state index contributed by atoms with van der Waals surface area (Å²) in [5, 5.41) is 11.6. The molecular weight excluding hydrogens is 416 g/mol. The molecule has 1 aromatic rings. The molecule has 2 saturated heterocycles. The smallest absolute Gasteiger partial charge is 0.311 e. The van der Waals surface area contributed by atoms with Crippen molar-refractivity contribution in [1.29, 1.82) is 0 Å². The van der Waals surface area contributed by atoms with Crippen molar-refractivity contribution in [2.45, 2.75) is 52.2 Å². The summed E-state index contributed by atoms with van der Waals surface area (Å²) >= 11 is 0. The maximum atomic E-state index is 12.9. The first-order valence-corrected chi connectivity index (χ1v) is 12.5. The highest BCUT2D eigenvalue weighted by Gasteiger charge is 2.59. The van der Waals surface area contributed by atoms with Crippen molar-refractivity contribution in [2.75, 3.05) is 37.6 Å². The molecule has 6 nitrogen and oxygen atoms in total. The maximum Gasteiger partial charge on any atom is 0.311 e. The van der Waals surface area contributed by atoms with Crippen LogP contribution >= 0.6 is 0 Å². The van der Waals surface area contributed by atoms with Gasteiger partial charge in [-0.1, -0.05) is 25.5 Å². The number of Topliss-reactive ketones (excluding diaryl/α,β-unsaturated/α-hetero) is 1. The van der Waals surface area contributed by atoms with Crippen LogP contribution in [-0.2, 0) is 9.53 Å². The second-order valence-corrected chi connectivity index (χ2v) is 10.7. The van der Waals surface area contributed by atoms with Crippen molar-refractivity contribution in [3.63, 3.8) is 0 Å². The van der Waals surface area contributed by atoms with E-state index in [1.165, 1.54) is 5.57 Å². The SMILES string of the molecule is CC(=O)c1ccc(N2CCN(CC3C(=O)O[C@@H]4CC5=CCCC(C)[C@@]5(C)C(O)[C@H]34)CC2)cc1. The van der Waals surface area contributed by atoms with Gasteiger partial charge in [0.1, 0.15) is 6.10 Å². The molecule has 2 aliphatic carbocycles. The Hall–Kier alpha value is -2.18. The van der Waals surface area contributed by atoms with Crippen LogP contribution in [0.15, 0.2) is 35.9 Å². The number of nitrogens with zero attached hydrogens (tertiary/aromatic N) is 2. The summed E-state index contributed by atoms with van der Waals surface area (Å²) in [5.41, 5.74) is 2.89. The number of aliphatic hydroxyl groups is 1. The minimum absolute atomic E-state index is 0.0807. The fourth-order valence-electron chi connectivity index (χ4n) is 6.65. The second-order valence-electron chi connectivity index (χ2n) is 10.7. The van der Waals surface area contributed by atoms with E-state index in [1.807, 2.05) is 24.3 Å². The molecule has 2 heterocycles. The van der Waals surface area contributed by atoms with Crippen LogP contribution in [0.25, 0.3) is 0 Å². The molecule has 6 heteroatoms. The summed E-state index contributed by atoms with van der Waals surface area (Å²) in [7, 11) is 0. The van der Waals surface area contributed by atoms with Gasteiger partial charge in [0.2, 0.25) is 0 Å². The lowest BCUT2D eigenvalue weighted by atomic mass is 9.55. The Balaban J connectivity index is 1.25. The summed E-state index contributed by atoms with van der Waals surface area (Å²) in [5.74, 6) is -0.0436. The zero-order valence-electron chi connectivity index (χ0n) is 20.0. The molecule has 3 unspecified atom stereocenters. The van der Waals surface area contributed by atoms with Crippen LogP contribution in [0.4, 0.5) is 5.69 Å². The summed E-state index contributed by atoms with van der Waals surface area (Å²) in [4.78, 5) is 29.1. The number of carbonyl (C=O) groups is 2. The lowest BCUT2D eigenvalue weighted by Gasteiger charge is -2.52. The summed E-state index contributed by atoms with van der Waals surface area (Å²) in [6.07, 6.45) is 4.45. The Morgan fingerprint density at radius 2 is 1.88 bits per heavy atom. The summed E-state index contributed by atoms with van der Waals surface area (Å²) in [6.45, 7) is 10.2. The van der Waals surface area contributed by atoms with Crippen LogP contribution in [-0.4, -0.2) is 66.7 Å². The Labute approximate surface area is 196 Å². The normalized spacial score (nSPS) is 36.6. The average molecular weight is 453 g/mol. The van der Waals surface area contributed by atoms with E-state index >= 15 is 0 Å². The molecule has 0 radical (unpaired) electrons. The highest BCUT2D eigenvalue weighted by atomic mass is 16.6. The number of allylic oxidation sites excluding steroid dienone is 1. The third-order valence-corrected chi connectivity index (χ3v) is 9.04. The molecule has 1 aromatic carbocycles. The maximum absolute atomic E-state index is 12.9. The number of fused-ring (bicyclic) bond motifs is 2. The number of rotatable bonds is 4. The number of hydrogen-bond donors (Lipinski definition) is 1. The van der Waals surface area contributed by atoms with Crippen molar-refractivity contribution in [3.8, 4) is 0 Å². The Kier molecular flexibility index (Phi) is 5.86. The van der Waals surface area contributed by atoms with Gasteiger partial charge in [0.25, 0.3) is 0 Å². The molecule has 0 bridgehead atoms. The number of esters is 1. The number of piperazine rings is 1. The summed E-state index contributed by atoms with van der Waals surface area (Å²) in [6, 6.07) is 7.80. The molecule has 4 aliphatic rings. The molecular formula is C27H36N2O4. The molecule has 0 amide bonds. The first-order chi connectivity index (χ1) is 15.8. The molecule has 1 N–H and O–H groups in total. The standard InChI is InChI=1S/C27H36N2O4/c1-17-5-4-6-20-15-23-24(25(31)27(17,20)3)22(26(32)33-23)16-28-11-13-29(14-12-28)21-9-7-19(8-10-21)18(2)30/h6-10,17,22-25,31H,4-5,11-16H2,1-3H3/t17?,22?,23-,24-,25?,27-/m1/s1. The van der Waals surface area contributed by atoms with Crippen molar-refractivity contribution >= 4 is 17.4 Å². The first kappa shape index (κ1) is 22.6. The van der Waals surface area contributed by atoms with E-state index in [-0.39, 0.29) is 35.1 Å². The number of aliphatic hydroxyl groups excluding tert-OH is 1. The van der Waals surface area contributed by atoms with E-state index in [2.05, 4.69) is 29.7 Å². The van der Waals surface area contributed by atoms with Gasteiger partial charge in [0.05, 0.1) is 12.0 Å². The molecule has 5 rings (SSSR count). The monoisotopic (exact) mass is 452 g/mol. The number of ketones is 1. The fraction of sp³-hybridized carbons (Fsp3) is 0.630. The Bertz CT molecular complexity index is 949. The van der Waals surface area contributed by atoms with E-state index in [4.69, 9.17) is 4.74 Å². The van der Waals surface area contributed by atoms with Crippen LogP contribution in [0.3, 0.4) is 0 Å². The number of carbonyl (C=O) groups excluding carboxylic acids is 2. The van der Waals surface area contributed by atoms with Gasteiger partial charge in [-0.15, -0.1) is 0 Å². The molecule has 0 aromatic heterocycles. The van der Waals surface area contributed by atoms with E-state index in [9.17, 15) is 14.7 Å². The third-order valence-electron chi connectivity index (χ3n) is 9.04. The second kappa shape index (κ2) is 8.55. The predicted molar refractivity (Wildman–Crippen MR) is 127 cm³/mol. The number of anilines is 1. The van der Waals surface area contributed by atoms with Crippen LogP contribution in [0.2, 0.25) is 0 Å². The van der Waals surface area contributed by atoms with Gasteiger partial charge in [-0.2, -0.15) is 0 Å². The molecule has 0 spiro atoms. The summed E-state index contributed by atoms with van der Waals surface area (Å²) < 4.78 is 5.84. The predicted octanol–water partition coefficient (Wildman–Crippen LogP) is 3.30. The average Bonchev–Trinajstić information content (AvgIpc) is 3.11. The minimum atomic E-state index is -0.546. The van der Waals surface area contributed by atoms with Gasteiger partial charge in [0.15, 0.2) is 5.78 Å². The Morgan fingerprint density at radius 1 is 1.18 bits per heavy atom. The van der Waals surface area contributed by atoms with E-state index < -0.39 is 6.10 Å². The molecule has 178 valence electrons. The van der Waals surface area contributed by atoms with Crippen LogP contribution < -0.4 is 4.90 Å². The third kappa shape index (κ3) is 3.81. The van der Waals surface area contributed by atoms with Gasteiger partial charge < -0.3 is 14.7 Å². The van der Waals surface area contributed by atoms with E-state index in [0.717, 1.165) is 56.7 Å². The lowest BCUT2D eigenvalue weighted by Crippen LogP contribution is -2.55. The van der Waals surface area contributed by atoms with Crippen molar-refractivity contribution in [3.05, 3.63) is 41.5 Å². The molecule has 6 atom stereocenters. The zero-order chi connectivity index (χ0) is 23.3. The molecule has 2 aliphatic heterocycles. The van der Waals surface area contributed by atoms with Crippen LogP contribution in [0.5, 0.6) is 0 Å². The highest BCUT2D eigenvalue weighted by Crippen LogP contribution is 2.56. The van der Waals surface area contributed by atoms with Crippen LogP contribution in [0.1, 0.15) is 50.4 Å². The fourth-order valence-corrected chi connectivity index (χ4v) is 6.65. The van der Waals surface area contributed by atoms with Crippen LogP contribution in [0, 0.1) is 23.2 Å². The van der Waals surface area contributed by atoms with E-state index in [0.29, 0.717) is 12.5 Å². The topological polar surface area (TPSA) is 70.1 Å².